The van der Waals surface area contributed by atoms with Crippen molar-refractivity contribution in [2.24, 2.45) is 11.8 Å². The summed E-state index contributed by atoms with van der Waals surface area (Å²) >= 11 is 0. The third kappa shape index (κ3) is 41.9. The zero-order valence-corrected chi connectivity index (χ0v) is 37.6. The fourth-order valence-electron chi connectivity index (χ4n) is 7.25. The zero-order chi connectivity index (χ0) is 40.5. The molecule has 0 aromatic heterocycles. The molecule has 0 saturated heterocycles. The number of unbranched alkanes of at least 4 members (excludes halogenated alkanes) is 27. The van der Waals surface area contributed by atoms with E-state index in [0.717, 1.165) is 69.6 Å². The van der Waals surface area contributed by atoms with Gasteiger partial charge in [0.15, 0.2) is 6.10 Å². The highest BCUT2D eigenvalue weighted by Crippen LogP contribution is 2.17. The predicted octanol–water partition coefficient (Wildman–Crippen LogP) is 15.4. The van der Waals surface area contributed by atoms with E-state index in [-0.39, 0.29) is 31.1 Å². The molecule has 0 radical (unpaired) electrons. The van der Waals surface area contributed by atoms with Crippen LogP contribution in [0.15, 0.2) is 0 Å². The van der Waals surface area contributed by atoms with Crippen LogP contribution in [0.25, 0.3) is 0 Å². The Morgan fingerprint density at radius 3 is 1.04 bits per heavy atom. The Balaban J connectivity index is 4.23. The second-order valence-corrected chi connectivity index (χ2v) is 17.5. The molecule has 55 heavy (non-hydrogen) atoms. The summed E-state index contributed by atoms with van der Waals surface area (Å²) in [5.74, 6) is 0.800. The maximum atomic E-state index is 12.7. The largest absolute Gasteiger partial charge is 0.462 e. The van der Waals surface area contributed by atoms with Gasteiger partial charge in [-0.2, -0.15) is 0 Å². The van der Waals surface area contributed by atoms with E-state index in [1.807, 2.05) is 0 Å². The Bertz CT molecular complexity index is 841. The molecule has 6 nitrogen and oxygen atoms in total. The van der Waals surface area contributed by atoms with E-state index in [4.69, 9.17) is 14.2 Å². The molecule has 0 fully saturated rings. The van der Waals surface area contributed by atoms with Crippen molar-refractivity contribution in [3.05, 3.63) is 0 Å². The lowest BCUT2D eigenvalue weighted by Gasteiger charge is -2.18. The van der Waals surface area contributed by atoms with Crippen LogP contribution in [0.3, 0.4) is 0 Å². The molecule has 2 atom stereocenters. The highest BCUT2D eigenvalue weighted by molar-refractivity contribution is 5.71. The van der Waals surface area contributed by atoms with Gasteiger partial charge in [0, 0.05) is 19.3 Å². The van der Waals surface area contributed by atoms with E-state index in [9.17, 15) is 14.4 Å². The lowest BCUT2D eigenvalue weighted by atomic mass is 10.00. The number of esters is 3. The first-order valence-electron chi connectivity index (χ1n) is 24.3. The van der Waals surface area contributed by atoms with Crippen LogP contribution in [-0.2, 0) is 28.6 Å². The first kappa shape index (κ1) is 53.4. The van der Waals surface area contributed by atoms with Gasteiger partial charge in [0.1, 0.15) is 13.2 Å². The van der Waals surface area contributed by atoms with Crippen LogP contribution in [0.5, 0.6) is 0 Å². The standard InChI is InChI=1S/C49H94O6/c1-6-8-9-10-11-19-23-29-34-39-47(50)53-42-46(55-49(52)41-36-31-26-25-28-33-38-45(5)7-2)43-54-48(51)40-35-30-24-21-18-16-14-12-13-15-17-20-22-27-32-37-44(3)4/h44-46H,6-43H2,1-5H3/t45?,46-/m0/s1. The SMILES string of the molecule is CCCCCCCCCCCC(=O)OC[C@@H](COC(=O)CCCCCCCCCCCCCCCCCC(C)C)OC(=O)CCCCCCCCC(C)CC. The summed E-state index contributed by atoms with van der Waals surface area (Å²) in [4.78, 5) is 37.7. The molecular weight excluding hydrogens is 685 g/mol. The molecule has 326 valence electrons. The van der Waals surface area contributed by atoms with Gasteiger partial charge in [-0.25, -0.2) is 0 Å². The molecule has 0 N–H and O–H groups in total. The average Bonchev–Trinajstić information content (AvgIpc) is 3.17. The highest BCUT2D eigenvalue weighted by Gasteiger charge is 2.19. The van der Waals surface area contributed by atoms with Crippen LogP contribution in [0, 0.1) is 11.8 Å². The highest BCUT2D eigenvalue weighted by atomic mass is 16.6. The van der Waals surface area contributed by atoms with Gasteiger partial charge in [0.2, 0.25) is 0 Å². The number of carbonyl (C=O) groups excluding carboxylic acids is 3. The summed E-state index contributed by atoms with van der Waals surface area (Å²) in [5.41, 5.74) is 0. The quantitative estimate of drug-likeness (QED) is 0.0348. The topological polar surface area (TPSA) is 78.9 Å². The minimum absolute atomic E-state index is 0.0651. The molecule has 0 amide bonds. The molecule has 0 aliphatic carbocycles. The number of rotatable bonds is 43. The molecule has 0 spiro atoms. The molecule has 1 unspecified atom stereocenters. The maximum Gasteiger partial charge on any atom is 0.306 e. The smallest absolute Gasteiger partial charge is 0.306 e. The van der Waals surface area contributed by atoms with Crippen molar-refractivity contribution in [1.29, 1.82) is 0 Å². The van der Waals surface area contributed by atoms with E-state index in [0.29, 0.717) is 19.3 Å². The Morgan fingerprint density at radius 2 is 0.691 bits per heavy atom. The summed E-state index contributed by atoms with van der Waals surface area (Å²) in [6.07, 6.45) is 40.9. The third-order valence-electron chi connectivity index (χ3n) is 11.3. The first-order chi connectivity index (χ1) is 26.8. The van der Waals surface area contributed by atoms with Gasteiger partial charge in [-0.3, -0.25) is 14.4 Å². The van der Waals surface area contributed by atoms with E-state index >= 15 is 0 Å². The van der Waals surface area contributed by atoms with Crippen molar-refractivity contribution < 1.29 is 28.6 Å². The first-order valence-corrected chi connectivity index (χ1v) is 24.3. The van der Waals surface area contributed by atoms with Crippen LogP contribution in [-0.4, -0.2) is 37.2 Å². The van der Waals surface area contributed by atoms with Crippen molar-refractivity contribution >= 4 is 17.9 Å². The van der Waals surface area contributed by atoms with Gasteiger partial charge in [0.05, 0.1) is 0 Å². The molecule has 0 aromatic rings. The number of hydrogen-bond acceptors (Lipinski definition) is 6. The molecule has 0 saturated carbocycles. The summed E-state index contributed by atoms with van der Waals surface area (Å²) in [5, 5.41) is 0. The molecular formula is C49H94O6. The van der Waals surface area contributed by atoms with Crippen molar-refractivity contribution in [2.45, 2.75) is 272 Å². The van der Waals surface area contributed by atoms with Gasteiger partial charge >= 0.3 is 17.9 Å². The second-order valence-electron chi connectivity index (χ2n) is 17.5. The van der Waals surface area contributed by atoms with Crippen molar-refractivity contribution in [2.75, 3.05) is 13.2 Å². The van der Waals surface area contributed by atoms with Crippen LogP contribution in [0.1, 0.15) is 266 Å². The van der Waals surface area contributed by atoms with E-state index in [1.54, 1.807) is 0 Å². The fourth-order valence-corrected chi connectivity index (χ4v) is 7.25. The van der Waals surface area contributed by atoms with Crippen LogP contribution in [0.4, 0.5) is 0 Å². The molecule has 0 aliphatic rings. The van der Waals surface area contributed by atoms with E-state index < -0.39 is 6.10 Å². The van der Waals surface area contributed by atoms with E-state index in [2.05, 4.69) is 34.6 Å². The molecule has 6 heteroatoms. The Kier molecular flexibility index (Phi) is 40.8. The molecule has 0 rings (SSSR count). The number of ether oxygens (including phenoxy) is 3. The van der Waals surface area contributed by atoms with Crippen LogP contribution < -0.4 is 0 Å². The maximum absolute atomic E-state index is 12.7. The summed E-state index contributed by atoms with van der Waals surface area (Å²) in [7, 11) is 0. The lowest BCUT2D eigenvalue weighted by Crippen LogP contribution is -2.30. The summed E-state index contributed by atoms with van der Waals surface area (Å²) < 4.78 is 16.7. The van der Waals surface area contributed by atoms with Gasteiger partial charge in [-0.05, 0) is 31.1 Å². The Morgan fingerprint density at radius 1 is 0.382 bits per heavy atom. The minimum Gasteiger partial charge on any atom is -0.462 e. The van der Waals surface area contributed by atoms with Crippen molar-refractivity contribution in [3.8, 4) is 0 Å². The monoisotopic (exact) mass is 779 g/mol. The van der Waals surface area contributed by atoms with Gasteiger partial charge < -0.3 is 14.2 Å². The Labute approximate surface area is 342 Å². The Hall–Kier alpha value is -1.59. The second kappa shape index (κ2) is 42.0. The molecule has 0 aliphatic heterocycles. The van der Waals surface area contributed by atoms with E-state index in [1.165, 1.54) is 154 Å². The normalized spacial score (nSPS) is 12.5. The van der Waals surface area contributed by atoms with Gasteiger partial charge in [0.25, 0.3) is 0 Å². The summed E-state index contributed by atoms with van der Waals surface area (Å²) in [6, 6.07) is 0. The molecule has 0 heterocycles. The number of carbonyl (C=O) groups is 3. The number of hydrogen-bond donors (Lipinski definition) is 0. The van der Waals surface area contributed by atoms with Gasteiger partial charge in [-0.1, -0.05) is 227 Å². The third-order valence-corrected chi connectivity index (χ3v) is 11.3. The summed E-state index contributed by atoms with van der Waals surface area (Å²) in [6.45, 7) is 11.3. The fraction of sp³-hybridized carbons (Fsp3) is 0.939. The molecule has 0 aromatic carbocycles. The molecule has 0 bridgehead atoms. The van der Waals surface area contributed by atoms with Gasteiger partial charge in [-0.15, -0.1) is 0 Å². The minimum atomic E-state index is -0.761. The van der Waals surface area contributed by atoms with Crippen LogP contribution >= 0.6 is 0 Å². The van der Waals surface area contributed by atoms with Crippen molar-refractivity contribution in [3.63, 3.8) is 0 Å². The van der Waals surface area contributed by atoms with Crippen molar-refractivity contribution in [1.82, 2.24) is 0 Å². The predicted molar refractivity (Wildman–Crippen MR) is 233 cm³/mol. The lowest BCUT2D eigenvalue weighted by molar-refractivity contribution is -0.167. The average molecular weight is 779 g/mol. The van der Waals surface area contributed by atoms with Crippen LogP contribution in [0.2, 0.25) is 0 Å². The zero-order valence-electron chi connectivity index (χ0n) is 37.6.